The first kappa shape index (κ1) is 19.3. The van der Waals surface area contributed by atoms with Crippen LogP contribution < -0.4 is 10.2 Å². The number of anilines is 2. The smallest absolute Gasteiger partial charge is 0.266 e. The average Bonchev–Trinajstić information content (AvgIpc) is 3.02. The number of carbonyl (C=O) groups is 1. The van der Waals surface area contributed by atoms with E-state index in [2.05, 4.69) is 48.1 Å². The molecule has 3 aromatic rings. The van der Waals surface area contributed by atoms with Gasteiger partial charge in [-0.15, -0.1) is 11.3 Å². The molecule has 6 nitrogen and oxygen atoms in total. The number of piperazine rings is 1. The number of carbonyl (C=O) groups excluding carboxylic acids is 1. The Bertz CT molecular complexity index is 1040. The fourth-order valence-corrected chi connectivity index (χ4v) is 4.99. The molecule has 3 heterocycles. The number of amides is 1. The van der Waals surface area contributed by atoms with Gasteiger partial charge >= 0.3 is 0 Å². The molecule has 1 fully saturated rings. The van der Waals surface area contributed by atoms with Gasteiger partial charge < -0.3 is 15.1 Å². The highest BCUT2D eigenvalue weighted by Crippen LogP contribution is 2.35. The highest BCUT2D eigenvalue weighted by molar-refractivity contribution is 9.10. The summed E-state index contributed by atoms with van der Waals surface area (Å²) in [6, 6.07) is 5.83. The van der Waals surface area contributed by atoms with E-state index in [1.54, 1.807) is 6.33 Å². The van der Waals surface area contributed by atoms with Crippen LogP contribution in [-0.2, 0) is 0 Å². The minimum absolute atomic E-state index is 0.102. The maximum Gasteiger partial charge on any atom is 0.266 e. The first-order chi connectivity index (χ1) is 13.4. The van der Waals surface area contributed by atoms with E-state index >= 15 is 0 Å². The van der Waals surface area contributed by atoms with E-state index in [-0.39, 0.29) is 5.91 Å². The molecule has 2 aromatic heterocycles. The SMILES string of the molecule is Cc1cc(Br)ccc1NC(=O)c1sc2ncnc(N3CCN(C)CC3)c2c1C. The predicted molar refractivity (Wildman–Crippen MR) is 119 cm³/mol. The molecule has 4 rings (SSSR count). The lowest BCUT2D eigenvalue weighted by molar-refractivity contribution is 0.103. The van der Waals surface area contributed by atoms with Crippen molar-refractivity contribution in [3.05, 3.63) is 45.0 Å². The lowest BCUT2D eigenvalue weighted by Gasteiger charge is -2.33. The fraction of sp³-hybridized carbons (Fsp3) is 0.350. The predicted octanol–water partition coefficient (Wildman–Crippen LogP) is 4.07. The molecule has 0 radical (unpaired) electrons. The van der Waals surface area contributed by atoms with Crippen molar-refractivity contribution < 1.29 is 4.79 Å². The molecule has 0 atom stereocenters. The number of rotatable bonds is 3. The van der Waals surface area contributed by atoms with Gasteiger partial charge in [-0.2, -0.15) is 0 Å². The van der Waals surface area contributed by atoms with Gasteiger partial charge in [0.05, 0.1) is 10.3 Å². The summed E-state index contributed by atoms with van der Waals surface area (Å²) in [5, 5.41) is 4.04. The first-order valence-electron chi connectivity index (χ1n) is 9.19. The third kappa shape index (κ3) is 3.64. The van der Waals surface area contributed by atoms with E-state index in [9.17, 15) is 4.79 Å². The summed E-state index contributed by atoms with van der Waals surface area (Å²) in [6.45, 7) is 7.84. The lowest BCUT2D eigenvalue weighted by atomic mass is 10.1. The highest BCUT2D eigenvalue weighted by atomic mass is 79.9. The van der Waals surface area contributed by atoms with Gasteiger partial charge in [0, 0.05) is 36.3 Å². The second kappa shape index (κ2) is 7.77. The van der Waals surface area contributed by atoms with Gasteiger partial charge in [-0.05, 0) is 50.2 Å². The number of nitrogens with one attached hydrogen (secondary N) is 1. The lowest BCUT2D eigenvalue weighted by Crippen LogP contribution is -2.44. The molecule has 1 aromatic carbocycles. The van der Waals surface area contributed by atoms with Crippen molar-refractivity contribution in [3.8, 4) is 0 Å². The van der Waals surface area contributed by atoms with Crippen LogP contribution >= 0.6 is 27.3 Å². The van der Waals surface area contributed by atoms with Crippen LogP contribution in [0.3, 0.4) is 0 Å². The van der Waals surface area contributed by atoms with Gasteiger partial charge in [0.1, 0.15) is 17.0 Å². The number of nitrogens with zero attached hydrogens (tertiary/aromatic N) is 4. The van der Waals surface area contributed by atoms with Gasteiger partial charge in [-0.3, -0.25) is 4.79 Å². The number of hydrogen-bond acceptors (Lipinski definition) is 6. The summed E-state index contributed by atoms with van der Waals surface area (Å²) in [7, 11) is 2.13. The van der Waals surface area contributed by atoms with Crippen LogP contribution in [-0.4, -0.2) is 54.0 Å². The van der Waals surface area contributed by atoms with E-state index < -0.39 is 0 Å². The molecule has 1 aliphatic rings. The maximum absolute atomic E-state index is 13.0. The minimum Gasteiger partial charge on any atom is -0.353 e. The first-order valence-corrected chi connectivity index (χ1v) is 10.8. The van der Waals surface area contributed by atoms with Gasteiger partial charge in [0.2, 0.25) is 0 Å². The quantitative estimate of drug-likeness (QED) is 0.639. The van der Waals surface area contributed by atoms with Gasteiger partial charge in [-0.1, -0.05) is 15.9 Å². The van der Waals surface area contributed by atoms with Gasteiger partial charge in [-0.25, -0.2) is 9.97 Å². The molecule has 1 N–H and O–H groups in total. The van der Waals surface area contributed by atoms with Crippen molar-refractivity contribution in [1.82, 2.24) is 14.9 Å². The van der Waals surface area contributed by atoms with Crippen molar-refractivity contribution in [2.75, 3.05) is 43.4 Å². The van der Waals surface area contributed by atoms with E-state index in [4.69, 9.17) is 0 Å². The summed E-state index contributed by atoms with van der Waals surface area (Å²) in [5.74, 6) is 0.834. The normalized spacial score (nSPS) is 15.2. The molecule has 0 aliphatic carbocycles. The van der Waals surface area contributed by atoms with Gasteiger partial charge in [0.25, 0.3) is 5.91 Å². The number of halogens is 1. The Morgan fingerprint density at radius 3 is 2.64 bits per heavy atom. The molecule has 8 heteroatoms. The summed E-state index contributed by atoms with van der Waals surface area (Å²) < 4.78 is 0.994. The van der Waals surface area contributed by atoms with E-state index in [0.717, 1.165) is 63.5 Å². The van der Waals surface area contributed by atoms with Crippen molar-refractivity contribution in [1.29, 1.82) is 0 Å². The third-order valence-electron chi connectivity index (χ3n) is 5.15. The molecular weight excluding hydrogens is 438 g/mol. The zero-order valence-electron chi connectivity index (χ0n) is 16.1. The van der Waals surface area contributed by atoms with Crippen LogP contribution in [0.15, 0.2) is 29.0 Å². The Hall–Kier alpha value is -2.03. The molecule has 1 amide bonds. The van der Waals surface area contributed by atoms with E-state index in [0.29, 0.717) is 4.88 Å². The van der Waals surface area contributed by atoms with Gasteiger partial charge in [0.15, 0.2) is 0 Å². The molecule has 28 heavy (non-hydrogen) atoms. The standard InChI is InChI=1S/C20H22BrN5OS/c1-12-10-14(21)4-5-15(12)24-19(27)17-13(2)16-18(22-11-23-20(16)28-17)26-8-6-25(3)7-9-26/h4-5,10-11H,6-9H2,1-3H3,(H,24,27). The zero-order valence-corrected chi connectivity index (χ0v) is 18.5. The number of hydrogen-bond donors (Lipinski definition) is 1. The topological polar surface area (TPSA) is 61.4 Å². The van der Waals surface area contributed by atoms with Crippen molar-refractivity contribution in [2.24, 2.45) is 0 Å². The Balaban J connectivity index is 1.68. The van der Waals surface area contributed by atoms with Crippen LogP contribution in [0.1, 0.15) is 20.8 Å². The van der Waals surface area contributed by atoms with E-state index in [1.807, 2.05) is 32.0 Å². The molecule has 0 bridgehead atoms. The Morgan fingerprint density at radius 2 is 1.93 bits per heavy atom. The van der Waals surface area contributed by atoms with Crippen LogP contribution in [0.25, 0.3) is 10.2 Å². The summed E-state index contributed by atoms with van der Waals surface area (Å²) in [6.07, 6.45) is 1.60. The fourth-order valence-electron chi connectivity index (χ4n) is 3.47. The second-order valence-corrected chi connectivity index (χ2v) is 9.05. The average molecular weight is 460 g/mol. The molecule has 146 valence electrons. The highest BCUT2D eigenvalue weighted by Gasteiger charge is 2.24. The molecular formula is C20H22BrN5OS. The number of benzene rings is 1. The molecule has 0 saturated carbocycles. The molecule has 1 aliphatic heterocycles. The molecule has 0 spiro atoms. The monoisotopic (exact) mass is 459 g/mol. The van der Waals surface area contributed by atoms with Crippen LogP contribution in [0.4, 0.5) is 11.5 Å². The third-order valence-corrected chi connectivity index (χ3v) is 6.84. The van der Waals surface area contributed by atoms with Crippen molar-refractivity contribution in [2.45, 2.75) is 13.8 Å². The number of aryl methyl sites for hydroxylation is 2. The largest absolute Gasteiger partial charge is 0.353 e. The minimum atomic E-state index is -0.102. The van der Waals surface area contributed by atoms with Crippen LogP contribution in [0, 0.1) is 13.8 Å². The Morgan fingerprint density at radius 1 is 1.18 bits per heavy atom. The Labute approximate surface area is 176 Å². The number of thiophene rings is 1. The second-order valence-electron chi connectivity index (χ2n) is 7.14. The molecule has 0 unspecified atom stereocenters. The van der Waals surface area contributed by atoms with Crippen molar-refractivity contribution >= 4 is 54.9 Å². The number of aromatic nitrogens is 2. The van der Waals surface area contributed by atoms with Crippen LogP contribution in [0.5, 0.6) is 0 Å². The summed E-state index contributed by atoms with van der Waals surface area (Å²) in [5.41, 5.74) is 2.77. The van der Waals surface area contributed by atoms with E-state index in [1.165, 1.54) is 11.3 Å². The molecule has 1 saturated heterocycles. The zero-order chi connectivity index (χ0) is 19.8. The number of likely N-dealkylation sites (N-methyl/N-ethyl adjacent to an activating group) is 1. The Kier molecular flexibility index (Phi) is 5.35. The summed E-state index contributed by atoms with van der Waals surface area (Å²) in [4.78, 5) is 28.1. The summed E-state index contributed by atoms with van der Waals surface area (Å²) >= 11 is 4.89. The number of fused-ring (bicyclic) bond motifs is 1. The maximum atomic E-state index is 13.0. The van der Waals surface area contributed by atoms with Crippen molar-refractivity contribution in [3.63, 3.8) is 0 Å². The van der Waals surface area contributed by atoms with Crippen LogP contribution in [0.2, 0.25) is 0 Å².